The summed E-state index contributed by atoms with van der Waals surface area (Å²) in [6.07, 6.45) is -3.03. The molecular formula is C9H10F3N3O. The summed E-state index contributed by atoms with van der Waals surface area (Å²) in [7, 11) is 1.42. The lowest BCUT2D eigenvalue weighted by molar-refractivity contribution is -0.115. The number of hydrogen-bond donors (Lipinski definition) is 2. The number of anilines is 1. The van der Waals surface area contributed by atoms with E-state index in [0.29, 0.717) is 0 Å². The third-order valence-electron chi connectivity index (χ3n) is 1.71. The van der Waals surface area contributed by atoms with E-state index in [4.69, 9.17) is 0 Å². The Morgan fingerprint density at radius 2 is 2.19 bits per heavy atom. The number of nitrogens with one attached hydrogen (secondary N) is 2. The zero-order chi connectivity index (χ0) is 12.2. The number of amides is 1. The van der Waals surface area contributed by atoms with E-state index in [9.17, 15) is 18.0 Å². The number of rotatable bonds is 3. The molecule has 1 rings (SSSR count). The molecule has 0 bridgehead atoms. The first-order chi connectivity index (χ1) is 7.42. The fourth-order valence-corrected chi connectivity index (χ4v) is 0.995. The van der Waals surface area contributed by atoms with Gasteiger partial charge >= 0.3 is 6.18 Å². The maximum Gasteiger partial charge on any atom is 0.405 e. The van der Waals surface area contributed by atoms with Crippen LogP contribution < -0.4 is 10.6 Å². The molecule has 0 saturated heterocycles. The highest BCUT2D eigenvalue weighted by Gasteiger charge is 2.26. The molecule has 4 nitrogen and oxygen atoms in total. The van der Waals surface area contributed by atoms with E-state index in [0.717, 1.165) is 0 Å². The van der Waals surface area contributed by atoms with Crippen LogP contribution in [0.2, 0.25) is 0 Å². The van der Waals surface area contributed by atoms with Gasteiger partial charge in [-0.3, -0.25) is 9.78 Å². The van der Waals surface area contributed by atoms with Gasteiger partial charge in [-0.2, -0.15) is 13.2 Å². The van der Waals surface area contributed by atoms with E-state index in [1.165, 1.54) is 25.4 Å². The van der Waals surface area contributed by atoms with Gasteiger partial charge in [0.1, 0.15) is 12.2 Å². The molecule has 0 atom stereocenters. The molecule has 1 aromatic rings. The number of nitrogens with zero attached hydrogens (tertiary/aromatic N) is 1. The Kier molecular flexibility index (Phi) is 3.70. The first-order valence-electron chi connectivity index (χ1n) is 4.41. The summed E-state index contributed by atoms with van der Waals surface area (Å²) in [4.78, 5) is 14.9. The van der Waals surface area contributed by atoms with Crippen LogP contribution in [0.3, 0.4) is 0 Å². The Balaban J connectivity index is 2.71. The molecule has 0 unspecified atom stereocenters. The van der Waals surface area contributed by atoms with Gasteiger partial charge in [-0.25, -0.2) is 0 Å². The van der Waals surface area contributed by atoms with Gasteiger partial charge in [-0.15, -0.1) is 0 Å². The van der Waals surface area contributed by atoms with Gasteiger partial charge in [0, 0.05) is 18.9 Å². The molecule has 7 heteroatoms. The summed E-state index contributed by atoms with van der Waals surface area (Å²) >= 11 is 0. The smallest absolute Gasteiger partial charge is 0.376 e. The second kappa shape index (κ2) is 4.82. The molecule has 0 saturated carbocycles. The van der Waals surface area contributed by atoms with Crippen molar-refractivity contribution >= 4 is 11.6 Å². The van der Waals surface area contributed by atoms with Gasteiger partial charge in [0.2, 0.25) is 0 Å². The normalized spacial score (nSPS) is 11.0. The van der Waals surface area contributed by atoms with Gasteiger partial charge in [0.15, 0.2) is 0 Å². The van der Waals surface area contributed by atoms with Gasteiger partial charge in [0.05, 0.1) is 0 Å². The molecular weight excluding hydrogens is 223 g/mol. The third-order valence-corrected chi connectivity index (χ3v) is 1.71. The summed E-state index contributed by atoms with van der Waals surface area (Å²) in [5, 5.41) is 4.49. The molecule has 0 fully saturated rings. The maximum atomic E-state index is 11.9. The molecule has 88 valence electrons. The van der Waals surface area contributed by atoms with Crippen LogP contribution in [0.15, 0.2) is 18.3 Å². The summed E-state index contributed by atoms with van der Waals surface area (Å²) in [5.74, 6) is -0.448. The largest absolute Gasteiger partial charge is 0.405 e. The predicted molar refractivity (Wildman–Crippen MR) is 52.2 cm³/mol. The zero-order valence-corrected chi connectivity index (χ0v) is 8.43. The second-order valence-electron chi connectivity index (χ2n) is 2.98. The Bertz CT molecular complexity index is 379. The van der Waals surface area contributed by atoms with Crippen molar-refractivity contribution in [3.05, 3.63) is 24.0 Å². The van der Waals surface area contributed by atoms with E-state index < -0.39 is 18.6 Å². The summed E-state index contributed by atoms with van der Waals surface area (Å²) in [6, 6.07) is 2.61. The number of halogens is 3. The Labute approximate surface area is 89.9 Å². The standard InChI is InChI=1S/C9H10F3N3O/c1-13-8(16)7-4-6(2-3-14-7)15-5-9(10,11)12/h2-4H,5H2,1H3,(H,13,16)(H,14,15). The fourth-order valence-electron chi connectivity index (χ4n) is 0.995. The average molecular weight is 233 g/mol. The number of alkyl halides is 3. The van der Waals surface area contributed by atoms with Crippen LogP contribution in [-0.4, -0.2) is 30.7 Å². The minimum absolute atomic E-state index is 0.0645. The van der Waals surface area contributed by atoms with Gasteiger partial charge in [-0.1, -0.05) is 0 Å². The van der Waals surface area contributed by atoms with Crippen LogP contribution in [0, 0.1) is 0 Å². The van der Waals surface area contributed by atoms with Crippen molar-refractivity contribution in [1.29, 1.82) is 0 Å². The van der Waals surface area contributed by atoms with E-state index >= 15 is 0 Å². The Morgan fingerprint density at radius 3 is 2.75 bits per heavy atom. The molecule has 0 spiro atoms. The summed E-state index contributed by atoms with van der Waals surface area (Å²) in [5.41, 5.74) is 0.264. The van der Waals surface area contributed by atoms with Crippen molar-refractivity contribution in [2.75, 3.05) is 18.9 Å². The third kappa shape index (κ3) is 3.76. The van der Waals surface area contributed by atoms with Crippen molar-refractivity contribution in [2.24, 2.45) is 0 Å². The molecule has 0 radical (unpaired) electrons. The van der Waals surface area contributed by atoms with Gasteiger partial charge in [-0.05, 0) is 12.1 Å². The highest BCUT2D eigenvalue weighted by Crippen LogP contribution is 2.16. The Hall–Kier alpha value is -1.79. The van der Waals surface area contributed by atoms with E-state index in [1.807, 2.05) is 0 Å². The lowest BCUT2D eigenvalue weighted by Crippen LogP contribution is -2.22. The molecule has 0 aliphatic rings. The Morgan fingerprint density at radius 1 is 1.50 bits per heavy atom. The minimum Gasteiger partial charge on any atom is -0.376 e. The zero-order valence-electron chi connectivity index (χ0n) is 8.43. The number of hydrogen-bond acceptors (Lipinski definition) is 3. The molecule has 16 heavy (non-hydrogen) atoms. The number of pyridine rings is 1. The fraction of sp³-hybridized carbons (Fsp3) is 0.333. The molecule has 1 aromatic heterocycles. The molecule has 1 amide bonds. The van der Waals surface area contributed by atoms with Crippen molar-refractivity contribution in [3.8, 4) is 0 Å². The molecule has 0 aliphatic carbocycles. The summed E-state index contributed by atoms with van der Waals surface area (Å²) < 4.78 is 35.7. The quantitative estimate of drug-likeness (QED) is 0.830. The summed E-state index contributed by atoms with van der Waals surface area (Å²) in [6.45, 7) is -1.15. The van der Waals surface area contributed by atoms with Crippen LogP contribution in [0.5, 0.6) is 0 Å². The van der Waals surface area contributed by atoms with Crippen LogP contribution in [-0.2, 0) is 0 Å². The lowest BCUT2D eigenvalue weighted by Gasteiger charge is -2.09. The topological polar surface area (TPSA) is 54.0 Å². The van der Waals surface area contributed by atoms with Crippen molar-refractivity contribution < 1.29 is 18.0 Å². The maximum absolute atomic E-state index is 11.9. The van der Waals surface area contributed by atoms with Crippen molar-refractivity contribution in [1.82, 2.24) is 10.3 Å². The molecule has 1 heterocycles. The monoisotopic (exact) mass is 233 g/mol. The van der Waals surface area contributed by atoms with Crippen LogP contribution in [0.4, 0.5) is 18.9 Å². The number of carbonyl (C=O) groups is 1. The van der Waals surface area contributed by atoms with Crippen molar-refractivity contribution in [2.45, 2.75) is 6.18 Å². The number of carbonyl (C=O) groups excluding carboxylic acids is 1. The average Bonchev–Trinajstić information content (AvgIpc) is 2.25. The number of aromatic nitrogens is 1. The first kappa shape index (κ1) is 12.3. The van der Waals surface area contributed by atoms with Gasteiger partial charge < -0.3 is 10.6 Å². The van der Waals surface area contributed by atoms with E-state index in [2.05, 4.69) is 15.6 Å². The molecule has 0 aromatic carbocycles. The van der Waals surface area contributed by atoms with Crippen LogP contribution in [0.25, 0.3) is 0 Å². The van der Waals surface area contributed by atoms with Gasteiger partial charge in [0.25, 0.3) is 5.91 Å². The lowest BCUT2D eigenvalue weighted by atomic mass is 10.3. The predicted octanol–water partition coefficient (Wildman–Crippen LogP) is 1.42. The van der Waals surface area contributed by atoms with Crippen molar-refractivity contribution in [3.63, 3.8) is 0 Å². The highest BCUT2D eigenvalue weighted by molar-refractivity contribution is 5.92. The van der Waals surface area contributed by atoms with E-state index in [1.54, 1.807) is 0 Å². The molecule has 2 N–H and O–H groups in total. The molecule has 0 aliphatic heterocycles. The van der Waals surface area contributed by atoms with E-state index in [-0.39, 0.29) is 11.4 Å². The highest BCUT2D eigenvalue weighted by atomic mass is 19.4. The second-order valence-corrected chi connectivity index (χ2v) is 2.98. The minimum atomic E-state index is -4.30. The first-order valence-corrected chi connectivity index (χ1v) is 4.41. The SMILES string of the molecule is CNC(=O)c1cc(NCC(F)(F)F)ccn1. The van der Waals surface area contributed by atoms with Crippen LogP contribution >= 0.6 is 0 Å². The van der Waals surface area contributed by atoms with Crippen LogP contribution in [0.1, 0.15) is 10.5 Å².